The summed E-state index contributed by atoms with van der Waals surface area (Å²) < 4.78 is 3.52. The summed E-state index contributed by atoms with van der Waals surface area (Å²) in [7, 11) is 0. The van der Waals surface area contributed by atoms with Crippen molar-refractivity contribution >= 4 is 33.4 Å². The summed E-state index contributed by atoms with van der Waals surface area (Å²) in [4.78, 5) is 26.1. The molecule has 24 heavy (non-hydrogen) atoms. The van der Waals surface area contributed by atoms with Gasteiger partial charge in [-0.3, -0.25) is 14.5 Å². The van der Waals surface area contributed by atoms with Gasteiger partial charge in [0, 0.05) is 26.0 Å². The fourth-order valence-corrected chi connectivity index (χ4v) is 4.30. The highest BCUT2D eigenvalue weighted by Gasteiger charge is 2.34. The third kappa shape index (κ3) is 2.32. The number of nitrogens with zero attached hydrogens (tertiary/aromatic N) is 2. The van der Waals surface area contributed by atoms with Crippen molar-refractivity contribution in [2.24, 2.45) is 0 Å². The van der Waals surface area contributed by atoms with Gasteiger partial charge in [-0.15, -0.1) is 0 Å². The molecule has 1 aromatic heterocycles. The number of hydrogen-bond donors (Lipinski definition) is 0. The smallest absolute Gasteiger partial charge is 0.261 e. The molecule has 0 N–H and O–H groups in total. The summed E-state index contributed by atoms with van der Waals surface area (Å²) in [5, 5.41) is 1.23. The third-order valence-corrected chi connectivity index (χ3v) is 5.52. The highest BCUT2D eigenvalue weighted by atomic mass is 32.1. The van der Waals surface area contributed by atoms with Crippen LogP contribution < -0.4 is 4.57 Å². The van der Waals surface area contributed by atoms with E-state index in [4.69, 9.17) is 0 Å². The van der Waals surface area contributed by atoms with Gasteiger partial charge in [0.1, 0.15) is 4.70 Å². The maximum atomic E-state index is 12.4. The van der Waals surface area contributed by atoms with E-state index in [2.05, 4.69) is 23.6 Å². The number of fused-ring (bicyclic) bond motifs is 2. The fourth-order valence-electron chi connectivity index (χ4n) is 3.26. The molecule has 2 amide bonds. The zero-order valence-electron chi connectivity index (χ0n) is 13.4. The number of rotatable bonds is 4. The molecule has 0 spiro atoms. The predicted octanol–water partition coefficient (Wildman–Crippen LogP) is 3.18. The van der Waals surface area contributed by atoms with Crippen LogP contribution in [0.25, 0.3) is 10.2 Å². The number of carbonyl (C=O) groups is 2. The summed E-state index contributed by atoms with van der Waals surface area (Å²) in [5.74, 6) is -0.347. The predicted molar refractivity (Wildman–Crippen MR) is 93.2 cm³/mol. The number of para-hydroxylation sites is 1. The second-order valence-electron chi connectivity index (χ2n) is 5.90. The van der Waals surface area contributed by atoms with Gasteiger partial charge in [-0.05, 0) is 18.2 Å². The molecule has 0 fully saturated rings. The SMILES string of the molecule is Cc1sc2ccccc2[n+]1CCCN1C(=O)c2ccccc2C1=O. The standard InChI is InChI=1S/C19H17N2O2S/c1-13-20(16-9-4-5-10-17(16)24-13)11-6-12-21-18(22)14-7-2-3-8-15(14)19(21)23/h2-5,7-10H,6,11-12H2,1H3/q+1. The molecule has 4 rings (SSSR count). The first-order chi connectivity index (χ1) is 11.7. The van der Waals surface area contributed by atoms with Crippen LogP contribution in [0.2, 0.25) is 0 Å². The molecule has 5 heteroatoms. The lowest BCUT2D eigenvalue weighted by molar-refractivity contribution is -0.673. The number of hydrogen-bond acceptors (Lipinski definition) is 3. The molecular weight excluding hydrogens is 320 g/mol. The number of imide groups is 1. The lowest BCUT2D eigenvalue weighted by atomic mass is 10.1. The molecule has 4 nitrogen and oxygen atoms in total. The van der Waals surface area contributed by atoms with Gasteiger partial charge < -0.3 is 0 Å². The van der Waals surface area contributed by atoms with Gasteiger partial charge in [-0.1, -0.05) is 35.6 Å². The molecule has 0 unspecified atom stereocenters. The summed E-state index contributed by atoms with van der Waals surface area (Å²) in [6.45, 7) is 3.35. The Balaban J connectivity index is 1.49. The molecule has 0 atom stereocenters. The molecule has 1 aliphatic heterocycles. The number of carbonyl (C=O) groups excluding carboxylic acids is 2. The Labute approximate surface area is 144 Å². The van der Waals surface area contributed by atoms with Gasteiger partial charge in [0.25, 0.3) is 11.8 Å². The lowest BCUT2D eigenvalue weighted by Gasteiger charge is -2.12. The maximum absolute atomic E-state index is 12.4. The number of aromatic nitrogens is 1. The summed E-state index contributed by atoms with van der Waals surface area (Å²) in [6, 6.07) is 15.3. The van der Waals surface area contributed by atoms with Crippen LogP contribution in [0.1, 0.15) is 32.1 Å². The molecule has 0 bridgehead atoms. The molecule has 3 aromatic rings. The first kappa shape index (κ1) is 15.0. The number of aryl methyl sites for hydroxylation is 2. The van der Waals surface area contributed by atoms with E-state index in [0.717, 1.165) is 13.0 Å². The monoisotopic (exact) mass is 337 g/mol. The van der Waals surface area contributed by atoms with Crippen molar-refractivity contribution in [1.29, 1.82) is 0 Å². The van der Waals surface area contributed by atoms with Crippen molar-refractivity contribution in [3.8, 4) is 0 Å². The second-order valence-corrected chi connectivity index (χ2v) is 7.14. The van der Waals surface area contributed by atoms with Crippen LogP contribution in [0.3, 0.4) is 0 Å². The minimum Gasteiger partial charge on any atom is -0.274 e. The van der Waals surface area contributed by atoms with Crippen molar-refractivity contribution < 1.29 is 14.2 Å². The van der Waals surface area contributed by atoms with Crippen molar-refractivity contribution in [2.75, 3.05) is 6.54 Å². The normalized spacial score (nSPS) is 13.8. The van der Waals surface area contributed by atoms with Gasteiger partial charge in [-0.2, -0.15) is 4.57 Å². The number of amides is 2. The Morgan fingerprint density at radius 1 is 0.958 bits per heavy atom. The Kier molecular flexibility index (Phi) is 3.65. The van der Waals surface area contributed by atoms with Crippen LogP contribution in [0, 0.1) is 6.92 Å². The van der Waals surface area contributed by atoms with Gasteiger partial charge in [0.2, 0.25) is 10.5 Å². The van der Waals surface area contributed by atoms with Gasteiger partial charge in [-0.25, -0.2) is 0 Å². The Bertz CT molecular complexity index is 926. The van der Waals surface area contributed by atoms with E-state index in [1.54, 1.807) is 35.6 Å². The summed E-state index contributed by atoms with van der Waals surface area (Å²) in [6.07, 6.45) is 0.748. The van der Waals surface area contributed by atoms with E-state index >= 15 is 0 Å². The lowest BCUT2D eigenvalue weighted by Crippen LogP contribution is -2.38. The highest BCUT2D eigenvalue weighted by Crippen LogP contribution is 2.23. The molecular formula is C19H17N2O2S+. The van der Waals surface area contributed by atoms with E-state index in [-0.39, 0.29) is 11.8 Å². The zero-order chi connectivity index (χ0) is 16.7. The first-order valence-corrected chi connectivity index (χ1v) is 8.81. The third-order valence-electron chi connectivity index (χ3n) is 4.44. The fraction of sp³-hybridized carbons (Fsp3) is 0.211. The van der Waals surface area contributed by atoms with Gasteiger partial charge >= 0.3 is 0 Å². The molecule has 1 aliphatic rings. The van der Waals surface area contributed by atoms with Crippen molar-refractivity contribution in [2.45, 2.75) is 19.9 Å². The van der Waals surface area contributed by atoms with E-state index < -0.39 is 0 Å². The van der Waals surface area contributed by atoms with E-state index in [0.29, 0.717) is 17.7 Å². The Morgan fingerprint density at radius 3 is 2.29 bits per heavy atom. The molecule has 2 aromatic carbocycles. The van der Waals surface area contributed by atoms with E-state index in [1.165, 1.54) is 20.1 Å². The second kappa shape index (κ2) is 5.83. The van der Waals surface area contributed by atoms with Crippen LogP contribution in [0.4, 0.5) is 0 Å². The largest absolute Gasteiger partial charge is 0.274 e. The highest BCUT2D eigenvalue weighted by molar-refractivity contribution is 7.18. The van der Waals surface area contributed by atoms with Gasteiger partial charge in [0.15, 0.2) is 6.54 Å². The van der Waals surface area contributed by atoms with Crippen LogP contribution >= 0.6 is 11.3 Å². The van der Waals surface area contributed by atoms with Gasteiger partial charge in [0.05, 0.1) is 11.1 Å². The Hall–Kier alpha value is -2.53. The summed E-state index contributed by atoms with van der Waals surface area (Å²) >= 11 is 1.77. The topological polar surface area (TPSA) is 41.3 Å². The van der Waals surface area contributed by atoms with Crippen molar-refractivity contribution in [3.63, 3.8) is 0 Å². The average molecular weight is 337 g/mol. The number of benzene rings is 2. The minimum absolute atomic E-state index is 0.174. The van der Waals surface area contributed by atoms with E-state index in [1.807, 2.05) is 12.1 Å². The zero-order valence-corrected chi connectivity index (χ0v) is 14.2. The molecule has 0 saturated carbocycles. The Morgan fingerprint density at radius 2 is 1.58 bits per heavy atom. The average Bonchev–Trinajstić information content (AvgIpc) is 3.04. The maximum Gasteiger partial charge on any atom is 0.261 e. The molecule has 0 aliphatic carbocycles. The molecule has 2 heterocycles. The van der Waals surface area contributed by atoms with Crippen LogP contribution in [-0.2, 0) is 6.54 Å². The molecule has 120 valence electrons. The molecule has 0 radical (unpaired) electrons. The summed E-state index contributed by atoms with van der Waals surface area (Å²) in [5.41, 5.74) is 2.25. The van der Waals surface area contributed by atoms with Crippen LogP contribution in [0.5, 0.6) is 0 Å². The first-order valence-electron chi connectivity index (χ1n) is 8.00. The van der Waals surface area contributed by atoms with Crippen molar-refractivity contribution in [1.82, 2.24) is 4.90 Å². The number of thiazole rings is 1. The van der Waals surface area contributed by atoms with Crippen LogP contribution in [-0.4, -0.2) is 23.3 Å². The minimum atomic E-state index is -0.174. The van der Waals surface area contributed by atoms with E-state index in [9.17, 15) is 9.59 Å². The quantitative estimate of drug-likeness (QED) is 0.542. The molecule has 0 saturated heterocycles. The van der Waals surface area contributed by atoms with Crippen LogP contribution in [0.15, 0.2) is 48.5 Å². The van der Waals surface area contributed by atoms with Crippen molar-refractivity contribution in [3.05, 3.63) is 64.7 Å².